The number of alkyl halides is 3. The van der Waals surface area contributed by atoms with E-state index in [9.17, 15) is 18.0 Å². The van der Waals surface area contributed by atoms with Gasteiger partial charge in [0.15, 0.2) is 5.69 Å². The molecule has 1 N–H and O–H groups in total. The molecule has 0 saturated heterocycles. The molecule has 0 bridgehead atoms. The van der Waals surface area contributed by atoms with E-state index in [-0.39, 0.29) is 12.2 Å². The number of rotatable bonds is 5. The topological polar surface area (TPSA) is 59.8 Å². The lowest BCUT2D eigenvalue weighted by atomic mass is 10.1. The molecular formula is C13H13F3N4OS. The van der Waals surface area contributed by atoms with Crippen LogP contribution < -0.4 is 5.32 Å². The van der Waals surface area contributed by atoms with Gasteiger partial charge >= 0.3 is 6.18 Å². The zero-order valence-corrected chi connectivity index (χ0v) is 12.4. The summed E-state index contributed by atoms with van der Waals surface area (Å²) in [5, 5.41) is 10.00. The number of hydrogen-bond acceptors (Lipinski definition) is 4. The highest BCUT2D eigenvalue weighted by atomic mass is 32.2. The SMILES string of the molecule is CSCn1cc(C(=O)NCc2cccc(C(F)(F)F)c2)nn1. The smallest absolute Gasteiger partial charge is 0.347 e. The molecular weight excluding hydrogens is 317 g/mol. The molecule has 0 aliphatic carbocycles. The first-order valence-corrected chi connectivity index (χ1v) is 7.63. The minimum atomic E-state index is -4.40. The van der Waals surface area contributed by atoms with Crippen LogP contribution in [0.15, 0.2) is 30.5 Å². The molecule has 1 amide bonds. The third kappa shape index (κ3) is 4.23. The Morgan fingerprint density at radius 3 is 2.86 bits per heavy atom. The second-order valence-corrected chi connectivity index (χ2v) is 5.28. The van der Waals surface area contributed by atoms with Crippen molar-refractivity contribution in [3.05, 3.63) is 47.3 Å². The van der Waals surface area contributed by atoms with Crippen molar-refractivity contribution >= 4 is 17.7 Å². The minimum Gasteiger partial charge on any atom is -0.347 e. The van der Waals surface area contributed by atoms with Crippen LogP contribution in [0.4, 0.5) is 13.2 Å². The molecule has 2 rings (SSSR count). The third-order valence-corrected chi connectivity index (χ3v) is 3.26. The third-order valence-electron chi connectivity index (χ3n) is 2.74. The summed E-state index contributed by atoms with van der Waals surface area (Å²) in [4.78, 5) is 11.9. The Balaban J connectivity index is 1.98. The maximum Gasteiger partial charge on any atom is 0.416 e. The lowest BCUT2D eigenvalue weighted by Crippen LogP contribution is -2.23. The number of nitrogens with zero attached hydrogens (tertiary/aromatic N) is 3. The van der Waals surface area contributed by atoms with Gasteiger partial charge in [-0.1, -0.05) is 17.3 Å². The van der Waals surface area contributed by atoms with Gasteiger partial charge in [-0.2, -0.15) is 13.2 Å². The zero-order valence-electron chi connectivity index (χ0n) is 11.6. The molecule has 0 fully saturated rings. The summed E-state index contributed by atoms with van der Waals surface area (Å²) < 4.78 is 39.3. The van der Waals surface area contributed by atoms with E-state index in [2.05, 4.69) is 15.6 Å². The summed E-state index contributed by atoms with van der Waals surface area (Å²) in [5.74, 6) is 0.0817. The van der Waals surface area contributed by atoms with Crippen LogP contribution >= 0.6 is 11.8 Å². The molecule has 22 heavy (non-hydrogen) atoms. The van der Waals surface area contributed by atoms with E-state index in [4.69, 9.17) is 0 Å². The Bertz CT molecular complexity index is 657. The number of aromatic nitrogens is 3. The van der Waals surface area contributed by atoms with Crippen LogP contribution in [0.2, 0.25) is 0 Å². The van der Waals surface area contributed by atoms with Crippen molar-refractivity contribution in [1.29, 1.82) is 0 Å². The molecule has 118 valence electrons. The van der Waals surface area contributed by atoms with Gasteiger partial charge in [0, 0.05) is 6.54 Å². The number of carbonyl (C=O) groups is 1. The summed E-state index contributed by atoms with van der Waals surface area (Å²) in [6, 6.07) is 4.81. The highest BCUT2D eigenvalue weighted by Gasteiger charge is 2.30. The van der Waals surface area contributed by atoms with Crippen molar-refractivity contribution in [2.75, 3.05) is 6.26 Å². The average molecular weight is 330 g/mol. The number of carbonyl (C=O) groups excluding carboxylic acids is 1. The maximum absolute atomic E-state index is 12.6. The Hall–Kier alpha value is -2.03. The van der Waals surface area contributed by atoms with Crippen molar-refractivity contribution in [3.63, 3.8) is 0 Å². The quantitative estimate of drug-likeness (QED) is 0.915. The van der Waals surface area contributed by atoms with Crippen LogP contribution in [0.1, 0.15) is 21.6 Å². The molecule has 0 saturated carbocycles. The molecule has 1 aromatic carbocycles. The van der Waals surface area contributed by atoms with E-state index in [1.165, 1.54) is 34.8 Å². The fourth-order valence-electron chi connectivity index (χ4n) is 1.73. The predicted octanol–water partition coefficient (Wildman–Crippen LogP) is 2.55. The molecule has 2 aromatic rings. The molecule has 1 aromatic heterocycles. The van der Waals surface area contributed by atoms with Crippen LogP contribution in [-0.2, 0) is 18.6 Å². The Labute approximate surface area is 128 Å². The van der Waals surface area contributed by atoms with Crippen molar-refractivity contribution in [2.24, 2.45) is 0 Å². The van der Waals surface area contributed by atoms with Crippen molar-refractivity contribution in [3.8, 4) is 0 Å². The summed E-state index contributed by atoms with van der Waals surface area (Å²) in [6.07, 6.45) is -1.03. The van der Waals surface area contributed by atoms with Crippen LogP contribution in [0.5, 0.6) is 0 Å². The Morgan fingerprint density at radius 1 is 1.41 bits per heavy atom. The van der Waals surface area contributed by atoms with Gasteiger partial charge in [-0.05, 0) is 24.0 Å². The van der Waals surface area contributed by atoms with E-state index < -0.39 is 17.6 Å². The number of benzene rings is 1. The minimum absolute atomic E-state index is 0.0157. The number of halogens is 3. The Kier molecular flexibility index (Phi) is 5.07. The number of nitrogens with one attached hydrogen (secondary N) is 1. The lowest BCUT2D eigenvalue weighted by Gasteiger charge is -2.09. The first-order valence-electron chi connectivity index (χ1n) is 6.23. The van der Waals surface area contributed by atoms with Crippen molar-refractivity contribution in [2.45, 2.75) is 18.6 Å². The molecule has 0 unspecified atom stereocenters. The molecule has 0 aliphatic rings. The van der Waals surface area contributed by atoms with Gasteiger partial charge in [0.05, 0.1) is 17.6 Å². The van der Waals surface area contributed by atoms with Crippen LogP contribution in [0.25, 0.3) is 0 Å². The van der Waals surface area contributed by atoms with Gasteiger partial charge in [-0.25, -0.2) is 4.68 Å². The monoisotopic (exact) mass is 330 g/mol. The van der Waals surface area contributed by atoms with E-state index >= 15 is 0 Å². The average Bonchev–Trinajstić information content (AvgIpc) is 2.93. The van der Waals surface area contributed by atoms with Crippen molar-refractivity contribution < 1.29 is 18.0 Å². The van der Waals surface area contributed by atoms with Crippen molar-refractivity contribution in [1.82, 2.24) is 20.3 Å². The maximum atomic E-state index is 12.6. The molecule has 0 radical (unpaired) electrons. The van der Waals surface area contributed by atoms with Crippen LogP contribution in [-0.4, -0.2) is 27.2 Å². The standard InChI is InChI=1S/C13H13F3N4OS/c1-22-8-20-7-11(18-19-20)12(21)17-6-9-3-2-4-10(5-9)13(14,15)16/h2-5,7H,6,8H2,1H3,(H,17,21). The normalized spacial score (nSPS) is 11.5. The fraction of sp³-hybridized carbons (Fsp3) is 0.308. The summed E-state index contributed by atoms with van der Waals surface area (Å²) >= 11 is 1.52. The molecule has 0 spiro atoms. The van der Waals surface area contributed by atoms with Gasteiger partial charge < -0.3 is 5.32 Å². The number of thioether (sulfide) groups is 1. The summed E-state index contributed by atoms with van der Waals surface area (Å²) in [5.41, 5.74) is -0.258. The van der Waals surface area contributed by atoms with Gasteiger partial charge in [0.2, 0.25) is 0 Å². The fourth-order valence-corrected chi connectivity index (χ4v) is 2.12. The highest BCUT2D eigenvalue weighted by Crippen LogP contribution is 2.29. The van der Waals surface area contributed by atoms with E-state index in [1.807, 2.05) is 6.26 Å². The second-order valence-electron chi connectivity index (χ2n) is 4.44. The zero-order chi connectivity index (χ0) is 16.2. The van der Waals surface area contributed by atoms with Crippen LogP contribution in [0, 0.1) is 0 Å². The summed E-state index contributed by atoms with van der Waals surface area (Å²) in [6.45, 7) is -0.0157. The first-order chi connectivity index (χ1) is 10.4. The first kappa shape index (κ1) is 16.3. The Morgan fingerprint density at radius 2 is 2.18 bits per heavy atom. The number of hydrogen-bond donors (Lipinski definition) is 1. The second kappa shape index (κ2) is 6.82. The van der Waals surface area contributed by atoms with E-state index in [0.29, 0.717) is 11.4 Å². The van der Waals surface area contributed by atoms with Gasteiger partial charge in [0.1, 0.15) is 0 Å². The molecule has 0 atom stereocenters. The predicted molar refractivity (Wildman–Crippen MR) is 76.2 cm³/mol. The molecule has 5 nitrogen and oxygen atoms in total. The highest BCUT2D eigenvalue weighted by molar-refractivity contribution is 7.97. The largest absolute Gasteiger partial charge is 0.416 e. The van der Waals surface area contributed by atoms with Gasteiger partial charge in [-0.3, -0.25) is 4.79 Å². The van der Waals surface area contributed by atoms with Gasteiger partial charge in [-0.15, -0.1) is 16.9 Å². The number of amides is 1. The van der Waals surface area contributed by atoms with Gasteiger partial charge in [0.25, 0.3) is 5.91 Å². The van der Waals surface area contributed by atoms with Crippen LogP contribution in [0.3, 0.4) is 0 Å². The molecule has 1 heterocycles. The van der Waals surface area contributed by atoms with E-state index in [0.717, 1.165) is 12.1 Å². The molecule has 9 heteroatoms. The van der Waals surface area contributed by atoms with E-state index in [1.54, 1.807) is 0 Å². The molecule has 0 aliphatic heterocycles. The lowest BCUT2D eigenvalue weighted by molar-refractivity contribution is -0.137. The summed E-state index contributed by atoms with van der Waals surface area (Å²) in [7, 11) is 0.